The van der Waals surface area contributed by atoms with Gasteiger partial charge in [-0.25, -0.2) is 0 Å². The molecule has 0 saturated carbocycles. The van der Waals surface area contributed by atoms with Crippen molar-refractivity contribution in [2.75, 3.05) is 0 Å². The Labute approximate surface area is 133 Å². The molecule has 0 aliphatic rings. The zero-order valence-corrected chi connectivity index (χ0v) is 13.9. The smallest absolute Gasteiger partial charge is 0.0197 e. The predicted octanol–water partition coefficient (Wildman–Crippen LogP) is 6.11. The maximum Gasteiger partial charge on any atom is 0.0197 e. The van der Waals surface area contributed by atoms with Gasteiger partial charge < -0.3 is 0 Å². The van der Waals surface area contributed by atoms with Crippen molar-refractivity contribution in [3.63, 3.8) is 0 Å². The molecule has 0 heteroatoms. The van der Waals surface area contributed by atoms with Gasteiger partial charge in [-0.15, -0.1) is 0 Å². The van der Waals surface area contributed by atoms with Crippen LogP contribution in [0.3, 0.4) is 0 Å². The van der Waals surface area contributed by atoms with Crippen molar-refractivity contribution in [1.82, 2.24) is 0 Å². The third kappa shape index (κ3) is 2.43. The summed E-state index contributed by atoms with van der Waals surface area (Å²) >= 11 is 0. The third-order valence-electron chi connectivity index (χ3n) is 5.16. The average Bonchev–Trinajstić information content (AvgIpc) is 2.54. The highest BCUT2D eigenvalue weighted by atomic mass is 14.4. The van der Waals surface area contributed by atoms with Gasteiger partial charge in [0, 0.05) is 5.41 Å². The van der Waals surface area contributed by atoms with Crippen LogP contribution in [0.5, 0.6) is 0 Å². The van der Waals surface area contributed by atoms with Gasteiger partial charge in [0.1, 0.15) is 0 Å². The SMILES string of the molecule is Cc1ccc(C(C)(c2ccc3ccccc3c2)C(C)C)cc1. The maximum absolute atomic E-state index is 2.37. The Morgan fingerprint density at radius 1 is 0.727 bits per heavy atom. The summed E-state index contributed by atoms with van der Waals surface area (Å²) in [6.07, 6.45) is 0. The highest BCUT2D eigenvalue weighted by Crippen LogP contribution is 2.39. The van der Waals surface area contributed by atoms with E-state index in [1.54, 1.807) is 0 Å². The Morgan fingerprint density at radius 3 is 1.95 bits per heavy atom. The van der Waals surface area contributed by atoms with E-state index in [-0.39, 0.29) is 5.41 Å². The van der Waals surface area contributed by atoms with E-state index in [9.17, 15) is 0 Å². The Balaban J connectivity index is 2.18. The molecule has 0 heterocycles. The number of benzene rings is 3. The molecule has 0 amide bonds. The van der Waals surface area contributed by atoms with Gasteiger partial charge >= 0.3 is 0 Å². The predicted molar refractivity (Wildman–Crippen MR) is 96.4 cm³/mol. The van der Waals surface area contributed by atoms with Crippen LogP contribution < -0.4 is 0 Å². The van der Waals surface area contributed by atoms with E-state index < -0.39 is 0 Å². The molecule has 112 valence electrons. The second-order valence-corrected chi connectivity index (χ2v) is 6.79. The molecule has 0 spiro atoms. The van der Waals surface area contributed by atoms with Crippen LogP contribution >= 0.6 is 0 Å². The summed E-state index contributed by atoms with van der Waals surface area (Å²) in [6.45, 7) is 9.14. The first-order valence-corrected chi connectivity index (χ1v) is 8.08. The number of hydrogen-bond acceptors (Lipinski definition) is 0. The zero-order chi connectivity index (χ0) is 15.7. The van der Waals surface area contributed by atoms with E-state index in [4.69, 9.17) is 0 Å². The quantitative estimate of drug-likeness (QED) is 0.545. The van der Waals surface area contributed by atoms with E-state index in [0.29, 0.717) is 5.92 Å². The van der Waals surface area contributed by atoms with Crippen LogP contribution in [0.25, 0.3) is 10.8 Å². The molecule has 0 saturated heterocycles. The Hall–Kier alpha value is -2.08. The number of rotatable bonds is 3. The fourth-order valence-corrected chi connectivity index (χ4v) is 3.25. The molecule has 3 rings (SSSR count). The fraction of sp³-hybridized carbons (Fsp3) is 0.273. The lowest BCUT2D eigenvalue weighted by Gasteiger charge is -2.35. The van der Waals surface area contributed by atoms with Crippen LogP contribution in [0.4, 0.5) is 0 Å². The van der Waals surface area contributed by atoms with Crippen LogP contribution in [0.1, 0.15) is 37.5 Å². The van der Waals surface area contributed by atoms with Gasteiger partial charge in [-0.2, -0.15) is 0 Å². The van der Waals surface area contributed by atoms with E-state index in [0.717, 1.165) is 0 Å². The molecule has 0 aliphatic heterocycles. The first-order chi connectivity index (χ1) is 10.5. The summed E-state index contributed by atoms with van der Waals surface area (Å²) in [5, 5.41) is 2.63. The molecule has 3 aromatic rings. The van der Waals surface area contributed by atoms with Crippen LogP contribution in [0.2, 0.25) is 0 Å². The molecule has 1 unspecified atom stereocenters. The standard InChI is InChI=1S/C22H24/c1-16(2)22(4,20-12-9-17(3)10-13-20)21-14-11-18-7-5-6-8-19(18)15-21/h5-16H,1-4H3. The Bertz CT molecular complexity index is 781. The lowest BCUT2D eigenvalue weighted by molar-refractivity contribution is 0.405. The van der Waals surface area contributed by atoms with Crippen molar-refractivity contribution in [2.45, 2.75) is 33.1 Å². The van der Waals surface area contributed by atoms with Gasteiger partial charge in [0.25, 0.3) is 0 Å². The second kappa shape index (κ2) is 5.61. The van der Waals surface area contributed by atoms with Crippen molar-refractivity contribution in [3.8, 4) is 0 Å². The van der Waals surface area contributed by atoms with Crippen LogP contribution in [-0.4, -0.2) is 0 Å². The number of hydrogen-bond donors (Lipinski definition) is 0. The summed E-state index contributed by atoms with van der Waals surface area (Å²) in [6, 6.07) is 24.5. The molecular weight excluding hydrogens is 264 g/mol. The van der Waals surface area contributed by atoms with E-state index in [2.05, 4.69) is 94.4 Å². The second-order valence-electron chi connectivity index (χ2n) is 6.79. The molecule has 3 aromatic carbocycles. The van der Waals surface area contributed by atoms with Crippen molar-refractivity contribution < 1.29 is 0 Å². The summed E-state index contributed by atoms with van der Waals surface area (Å²) in [5.41, 5.74) is 4.12. The summed E-state index contributed by atoms with van der Waals surface area (Å²) in [4.78, 5) is 0. The first-order valence-electron chi connectivity index (χ1n) is 8.08. The monoisotopic (exact) mass is 288 g/mol. The minimum Gasteiger partial charge on any atom is -0.0616 e. The average molecular weight is 288 g/mol. The van der Waals surface area contributed by atoms with E-state index in [1.807, 2.05) is 0 Å². The number of aryl methyl sites for hydroxylation is 1. The Kier molecular flexibility index (Phi) is 3.78. The lowest BCUT2D eigenvalue weighted by atomic mass is 9.68. The molecule has 0 bridgehead atoms. The van der Waals surface area contributed by atoms with Gasteiger partial charge in [0.2, 0.25) is 0 Å². The first kappa shape index (κ1) is 14.8. The number of fused-ring (bicyclic) bond motifs is 1. The molecule has 0 aliphatic carbocycles. The molecular formula is C22H24. The molecule has 0 radical (unpaired) electrons. The van der Waals surface area contributed by atoms with Crippen molar-refractivity contribution in [3.05, 3.63) is 83.4 Å². The van der Waals surface area contributed by atoms with Gasteiger partial charge in [-0.1, -0.05) is 93.1 Å². The third-order valence-corrected chi connectivity index (χ3v) is 5.16. The maximum atomic E-state index is 2.37. The molecule has 0 N–H and O–H groups in total. The largest absolute Gasteiger partial charge is 0.0616 e. The Morgan fingerprint density at radius 2 is 1.32 bits per heavy atom. The molecule has 0 aromatic heterocycles. The highest BCUT2D eigenvalue weighted by Gasteiger charge is 2.32. The van der Waals surface area contributed by atoms with E-state index >= 15 is 0 Å². The van der Waals surface area contributed by atoms with Gasteiger partial charge in [0.15, 0.2) is 0 Å². The topological polar surface area (TPSA) is 0 Å². The van der Waals surface area contributed by atoms with Crippen molar-refractivity contribution in [2.24, 2.45) is 5.92 Å². The summed E-state index contributed by atoms with van der Waals surface area (Å²) in [7, 11) is 0. The lowest BCUT2D eigenvalue weighted by Crippen LogP contribution is -2.30. The normalized spacial score (nSPS) is 14.2. The van der Waals surface area contributed by atoms with Gasteiger partial charge in [-0.3, -0.25) is 0 Å². The summed E-state index contributed by atoms with van der Waals surface area (Å²) in [5.74, 6) is 0.524. The van der Waals surface area contributed by atoms with Crippen molar-refractivity contribution >= 4 is 10.8 Å². The molecule has 1 atom stereocenters. The molecule has 0 fully saturated rings. The van der Waals surface area contributed by atoms with E-state index in [1.165, 1.54) is 27.5 Å². The zero-order valence-electron chi connectivity index (χ0n) is 13.9. The molecule has 22 heavy (non-hydrogen) atoms. The van der Waals surface area contributed by atoms with Crippen molar-refractivity contribution in [1.29, 1.82) is 0 Å². The minimum absolute atomic E-state index is 0.0255. The van der Waals surface area contributed by atoms with Gasteiger partial charge in [0.05, 0.1) is 0 Å². The fourth-order valence-electron chi connectivity index (χ4n) is 3.25. The highest BCUT2D eigenvalue weighted by molar-refractivity contribution is 5.83. The van der Waals surface area contributed by atoms with Crippen LogP contribution in [0, 0.1) is 12.8 Å². The summed E-state index contributed by atoms with van der Waals surface area (Å²) < 4.78 is 0. The van der Waals surface area contributed by atoms with Crippen LogP contribution in [0.15, 0.2) is 66.7 Å². The van der Waals surface area contributed by atoms with Crippen LogP contribution in [-0.2, 0) is 5.41 Å². The van der Waals surface area contributed by atoms with Gasteiger partial charge in [-0.05, 0) is 34.7 Å². The minimum atomic E-state index is 0.0255. The molecule has 0 nitrogen and oxygen atoms in total.